The highest BCUT2D eigenvalue weighted by atomic mass is 16.5. The average molecular weight is 231 g/mol. The molecule has 0 saturated carbocycles. The first-order chi connectivity index (χ1) is 7.59. The Morgan fingerprint density at radius 3 is 2.88 bits per heavy atom. The quantitative estimate of drug-likeness (QED) is 0.741. The molecule has 5 heteroatoms. The van der Waals surface area contributed by atoms with Gasteiger partial charge in [-0.25, -0.2) is 0 Å². The number of amides is 1. The van der Waals surface area contributed by atoms with Gasteiger partial charge in [-0.1, -0.05) is 6.92 Å². The van der Waals surface area contributed by atoms with E-state index in [1.165, 1.54) is 7.11 Å². The van der Waals surface area contributed by atoms with Gasteiger partial charge in [0.1, 0.15) is 5.60 Å². The maximum Gasteiger partial charge on any atom is 0.254 e. The second-order valence-corrected chi connectivity index (χ2v) is 4.20. The third kappa shape index (κ3) is 2.53. The van der Waals surface area contributed by atoms with Crippen LogP contribution in [0.25, 0.3) is 0 Å². The highest BCUT2D eigenvalue weighted by Crippen LogP contribution is 2.20. The molecule has 5 nitrogen and oxygen atoms in total. The van der Waals surface area contributed by atoms with Gasteiger partial charge in [-0.05, 0) is 13.3 Å². The molecule has 2 atom stereocenters. The van der Waals surface area contributed by atoms with Crippen LogP contribution in [-0.2, 0) is 14.3 Å². The standard InChI is InChI=1S/C11H21NO4/c1-4-11(2,15-3)10(14)12-5-6-16-8-9(12)7-13/h9,13H,4-8H2,1-3H3. The predicted molar refractivity (Wildman–Crippen MR) is 59.1 cm³/mol. The van der Waals surface area contributed by atoms with Gasteiger partial charge in [-0.2, -0.15) is 0 Å². The molecular weight excluding hydrogens is 210 g/mol. The van der Waals surface area contributed by atoms with E-state index in [-0.39, 0.29) is 18.6 Å². The van der Waals surface area contributed by atoms with Crippen molar-refractivity contribution in [1.82, 2.24) is 4.90 Å². The number of morpholine rings is 1. The number of hydrogen-bond acceptors (Lipinski definition) is 4. The summed E-state index contributed by atoms with van der Waals surface area (Å²) in [6.07, 6.45) is 0.609. The fraction of sp³-hybridized carbons (Fsp3) is 0.909. The molecule has 1 fully saturated rings. The van der Waals surface area contributed by atoms with Crippen molar-refractivity contribution < 1.29 is 19.4 Å². The fourth-order valence-corrected chi connectivity index (χ4v) is 1.76. The molecule has 0 aromatic rings. The Labute approximate surface area is 96.3 Å². The molecular formula is C11H21NO4. The summed E-state index contributed by atoms with van der Waals surface area (Å²) in [5.74, 6) is -0.0696. The summed E-state index contributed by atoms with van der Waals surface area (Å²) in [5, 5.41) is 9.21. The van der Waals surface area contributed by atoms with Gasteiger partial charge in [-0.15, -0.1) is 0 Å². The van der Waals surface area contributed by atoms with E-state index >= 15 is 0 Å². The molecule has 1 N–H and O–H groups in total. The molecule has 1 aliphatic rings. The minimum atomic E-state index is -0.801. The zero-order valence-electron chi connectivity index (χ0n) is 10.2. The summed E-state index contributed by atoms with van der Waals surface area (Å²) >= 11 is 0. The lowest BCUT2D eigenvalue weighted by atomic mass is 10.00. The Morgan fingerprint density at radius 2 is 2.38 bits per heavy atom. The van der Waals surface area contributed by atoms with Gasteiger partial charge in [0.25, 0.3) is 5.91 Å². The molecule has 1 aliphatic heterocycles. The van der Waals surface area contributed by atoms with Crippen molar-refractivity contribution >= 4 is 5.91 Å². The van der Waals surface area contributed by atoms with Crippen LogP contribution in [0.15, 0.2) is 0 Å². The second kappa shape index (κ2) is 5.61. The highest BCUT2D eigenvalue weighted by Gasteiger charge is 2.38. The molecule has 94 valence electrons. The second-order valence-electron chi connectivity index (χ2n) is 4.20. The zero-order valence-corrected chi connectivity index (χ0v) is 10.2. The lowest BCUT2D eigenvalue weighted by molar-refractivity contribution is -0.163. The van der Waals surface area contributed by atoms with Crippen molar-refractivity contribution in [1.29, 1.82) is 0 Å². The molecule has 1 heterocycles. The van der Waals surface area contributed by atoms with E-state index in [1.54, 1.807) is 11.8 Å². The molecule has 0 radical (unpaired) electrons. The van der Waals surface area contributed by atoms with Crippen molar-refractivity contribution in [2.24, 2.45) is 0 Å². The smallest absolute Gasteiger partial charge is 0.254 e. The Hall–Kier alpha value is -0.650. The van der Waals surface area contributed by atoms with Crippen LogP contribution >= 0.6 is 0 Å². The molecule has 1 amide bonds. The minimum absolute atomic E-state index is 0.0696. The Kier molecular flexibility index (Phi) is 4.70. The molecule has 0 spiro atoms. The maximum absolute atomic E-state index is 12.3. The molecule has 2 unspecified atom stereocenters. The summed E-state index contributed by atoms with van der Waals surface area (Å²) in [4.78, 5) is 13.9. The van der Waals surface area contributed by atoms with Gasteiger partial charge in [0, 0.05) is 13.7 Å². The first kappa shape index (κ1) is 13.4. The summed E-state index contributed by atoms with van der Waals surface area (Å²) in [5.41, 5.74) is -0.801. The van der Waals surface area contributed by atoms with Crippen LogP contribution in [0.3, 0.4) is 0 Å². The number of aliphatic hydroxyl groups excluding tert-OH is 1. The van der Waals surface area contributed by atoms with E-state index in [9.17, 15) is 9.90 Å². The number of carbonyl (C=O) groups is 1. The van der Waals surface area contributed by atoms with Gasteiger partial charge in [0.15, 0.2) is 0 Å². The van der Waals surface area contributed by atoms with E-state index in [4.69, 9.17) is 9.47 Å². The largest absolute Gasteiger partial charge is 0.394 e. The van der Waals surface area contributed by atoms with Crippen molar-refractivity contribution in [2.75, 3.05) is 33.5 Å². The minimum Gasteiger partial charge on any atom is -0.394 e. The van der Waals surface area contributed by atoms with E-state index < -0.39 is 5.60 Å². The van der Waals surface area contributed by atoms with Crippen molar-refractivity contribution in [3.8, 4) is 0 Å². The normalized spacial score (nSPS) is 25.2. The number of aliphatic hydroxyl groups is 1. The van der Waals surface area contributed by atoms with Gasteiger partial charge in [0.05, 0.1) is 25.9 Å². The monoisotopic (exact) mass is 231 g/mol. The SMILES string of the molecule is CCC(C)(OC)C(=O)N1CCOCC1CO. The predicted octanol–water partition coefficient (Wildman–Crippen LogP) is 0.0212. The van der Waals surface area contributed by atoms with Gasteiger partial charge < -0.3 is 19.5 Å². The van der Waals surface area contributed by atoms with Crippen LogP contribution < -0.4 is 0 Å². The summed E-state index contributed by atoms with van der Waals surface area (Å²) < 4.78 is 10.5. The molecule has 1 saturated heterocycles. The number of ether oxygens (including phenoxy) is 2. The van der Waals surface area contributed by atoms with Crippen molar-refractivity contribution in [2.45, 2.75) is 31.9 Å². The van der Waals surface area contributed by atoms with Crippen LogP contribution in [0.2, 0.25) is 0 Å². The Balaban J connectivity index is 2.77. The Bertz CT molecular complexity index is 240. The highest BCUT2D eigenvalue weighted by molar-refractivity contribution is 5.85. The van der Waals surface area contributed by atoms with Gasteiger partial charge in [-0.3, -0.25) is 4.79 Å². The number of hydrogen-bond donors (Lipinski definition) is 1. The van der Waals surface area contributed by atoms with Crippen LogP contribution in [0, 0.1) is 0 Å². The lowest BCUT2D eigenvalue weighted by Crippen LogP contribution is -2.57. The first-order valence-corrected chi connectivity index (χ1v) is 5.64. The molecule has 0 aliphatic carbocycles. The molecule has 0 aromatic heterocycles. The van der Waals surface area contributed by atoms with E-state index in [0.29, 0.717) is 26.2 Å². The van der Waals surface area contributed by atoms with Gasteiger partial charge in [0.2, 0.25) is 0 Å². The summed E-state index contributed by atoms with van der Waals surface area (Å²) in [7, 11) is 1.54. The third-order valence-electron chi connectivity index (χ3n) is 3.28. The van der Waals surface area contributed by atoms with Crippen LogP contribution in [0.5, 0.6) is 0 Å². The van der Waals surface area contributed by atoms with E-state index in [1.807, 2.05) is 6.92 Å². The summed E-state index contributed by atoms with van der Waals surface area (Å²) in [6, 6.07) is -0.248. The maximum atomic E-state index is 12.3. The number of rotatable bonds is 4. The van der Waals surface area contributed by atoms with E-state index in [0.717, 1.165) is 0 Å². The topological polar surface area (TPSA) is 59.0 Å². The average Bonchev–Trinajstić information content (AvgIpc) is 2.36. The first-order valence-electron chi connectivity index (χ1n) is 5.64. The van der Waals surface area contributed by atoms with E-state index in [2.05, 4.69) is 0 Å². The van der Waals surface area contributed by atoms with Crippen molar-refractivity contribution in [3.05, 3.63) is 0 Å². The number of carbonyl (C=O) groups excluding carboxylic acids is 1. The molecule has 0 bridgehead atoms. The molecule has 1 rings (SSSR count). The molecule has 16 heavy (non-hydrogen) atoms. The van der Waals surface area contributed by atoms with Crippen LogP contribution in [-0.4, -0.2) is 61.0 Å². The zero-order chi connectivity index (χ0) is 12.2. The van der Waals surface area contributed by atoms with Crippen LogP contribution in [0.1, 0.15) is 20.3 Å². The third-order valence-corrected chi connectivity index (χ3v) is 3.28. The number of methoxy groups -OCH3 is 1. The Morgan fingerprint density at radius 1 is 1.69 bits per heavy atom. The molecule has 0 aromatic carbocycles. The van der Waals surface area contributed by atoms with Crippen molar-refractivity contribution in [3.63, 3.8) is 0 Å². The van der Waals surface area contributed by atoms with Crippen LogP contribution in [0.4, 0.5) is 0 Å². The van der Waals surface area contributed by atoms with Gasteiger partial charge >= 0.3 is 0 Å². The summed E-state index contributed by atoms with van der Waals surface area (Å²) in [6.45, 7) is 5.05. The fourth-order valence-electron chi connectivity index (χ4n) is 1.76. The number of nitrogens with zero attached hydrogens (tertiary/aromatic N) is 1. The lowest BCUT2D eigenvalue weighted by Gasteiger charge is -2.39.